The van der Waals surface area contributed by atoms with E-state index in [0.717, 1.165) is 25.7 Å². The van der Waals surface area contributed by atoms with Crippen molar-refractivity contribution in [3.8, 4) is 0 Å². The van der Waals surface area contributed by atoms with Gasteiger partial charge in [-0.3, -0.25) is 0 Å². The maximum atomic E-state index is 12.6. The third-order valence-corrected chi connectivity index (χ3v) is 11.8. The van der Waals surface area contributed by atoms with Gasteiger partial charge in [0, 0.05) is 6.08 Å². The Kier molecular flexibility index (Phi) is 10.7. The van der Waals surface area contributed by atoms with E-state index in [1.165, 1.54) is 38.5 Å². The molecule has 0 N–H and O–H groups in total. The molecule has 0 bridgehead atoms. The van der Waals surface area contributed by atoms with Gasteiger partial charge in [-0.1, -0.05) is 65.7 Å². The zero-order chi connectivity index (χ0) is 24.7. The predicted molar refractivity (Wildman–Crippen MR) is 137 cm³/mol. The van der Waals surface area contributed by atoms with Crippen LogP contribution in [0.4, 0.5) is 0 Å². The Labute approximate surface area is 204 Å². The number of rotatable bonds is 2. The lowest BCUT2D eigenvalue weighted by Gasteiger charge is -2.40. The van der Waals surface area contributed by atoms with Gasteiger partial charge in [0.2, 0.25) is 0 Å². The molecule has 2 heterocycles. The van der Waals surface area contributed by atoms with Crippen LogP contribution in [0.25, 0.3) is 0 Å². The molecule has 2 aliphatic rings. The maximum Gasteiger partial charge on any atom is 0.330 e. The van der Waals surface area contributed by atoms with Gasteiger partial charge in [-0.15, -0.1) is 0 Å². The number of ether oxygens (including phenoxy) is 3. The third-order valence-electron chi connectivity index (χ3n) is 7.37. The lowest BCUT2D eigenvalue weighted by Crippen LogP contribution is -2.48. The summed E-state index contributed by atoms with van der Waals surface area (Å²) in [6.45, 7) is 17.1. The molecule has 0 aromatic carbocycles. The Morgan fingerprint density at radius 1 is 0.939 bits per heavy atom. The molecule has 1 unspecified atom stereocenters. The van der Waals surface area contributed by atoms with E-state index in [2.05, 4.69) is 33.9 Å². The molecule has 4 atom stereocenters. The van der Waals surface area contributed by atoms with Gasteiger partial charge in [0.25, 0.3) is 0 Å². The van der Waals surface area contributed by atoms with E-state index >= 15 is 0 Å². The van der Waals surface area contributed by atoms with E-state index in [0.29, 0.717) is 0 Å². The number of carbonyl (C=O) groups excluding carboxylic acids is 1. The first kappa shape index (κ1) is 28.5. The van der Waals surface area contributed by atoms with E-state index < -0.39 is 14.1 Å². The zero-order valence-electron chi connectivity index (χ0n) is 22.6. The van der Waals surface area contributed by atoms with Crippen molar-refractivity contribution in [2.24, 2.45) is 0 Å². The molecule has 0 aromatic heterocycles. The molecule has 0 aromatic rings. The summed E-state index contributed by atoms with van der Waals surface area (Å²) >= 11 is 0. The minimum atomic E-state index is -2.11. The molecule has 0 aliphatic carbocycles. The topological polar surface area (TPSA) is 54.0 Å². The Balaban J connectivity index is 2.26. The summed E-state index contributed by atoms with van der Waals surface area (Å²) in [5.74, 6) is -0.964. The van der Waals surface area contributed by atoms with Gasteiger partial charge in [-0.25, -0.2) is 4.79 Å². The number of carbonyl (C=O) groups is 1. The van der Waals surface area contributed by atoms with Gasteiger partial charge in [0.05, 0.1) is 18.3 Å². The molecule has 1 saturated heterocycles. The lowest BCUT2D eigenvalue weighted by atomic mass is 10.00. The molecule has 192 valence electrons. The first-order valence-electron chi connectivity index (χ1n) is 13.2. The van der Waals surface area contributed by atoms with Crippen molar-refractivity contribution in [3.63, 3.8) is 0 Å². The highest BCUT2D eigenvalue weighted by Crippen LogP contribution is 2.40. The summed E-state index contributed by atoms with van der Waals surface area (Å²) in [5.41, 5.74) is 0. The van der Waals surface area contributed by atoms with Crippen molar-refractivity contribution in [1.29, 1.82) is 0 Å². The number of hydrogen-bond donors (Lipinski definition) is 0. The zero-order valence-corrected chi connectivity index (χ0v) is 23.6. The smallest absolute Gasteiger partial charge is 0.330 e. The molecule has 1 fully saturated rings. The summed E-state index contributed by atoms with van der Waals surface area (Å²) < 4.78 is 25.2. The SMILES string of the molecule is C[C@H]1CCCCCCCCCC[C@@H]2OC(C)(C)O[C@H]2C(O[Si](C)(C)C(C)(C)C)/C=C/C(=O)O1. The molecule has 5 nitrogen and oxygen atoms in total. The largest absolute Gasteiger partial charge is 0.460 e. The minimum Gasteiger partial charge on any atom is -0.460 e. The Morgan fingerprint density at radius 3 is 2.06 bits per heavy atom. The Hall–Kier alpha value is -0.693. The van der Waals surface area contributed by atoms with Crippen LogP contribution in [0, 0.1) is 0 Å². The van der Waals surface area contributed by atoms with Crippen LogP contribution in [0.15, 0.2) is 12.2 Å². The minimum absolute atomic E-state index is 0.0479. The average molecular weight is 483 g/mol. The summed E-state index contributed by atoms with van der Waals surface area (Å²) in [5, 5.41) is 0.0480. The van der Waals surface area contributed by atoms with E-state index in [1.54, 1.807) is 6.08 Å². The quantitative estimate of drug-likeness (QED) is 0.305. The molecule has 0 saturated carbocycles. The van der Waals surface area contributed by atoms with Crippen LogP contribution in [-0.2, 0) is 23.4 Å². The Morgan fingerprint density at radius 2 is 1.48 bits per heavy atom. The lowest BCUT2D eigenvalue weighted by molar-refractivity contribution is -0.152. The summed E-state index contributed by atoms with van der Waals surface area (Å²) in [4.78, 5) is 12.6. The van der Waals surface area contributed by atoms with Crippen molar-refractivity contribution in [2.45, 2.75) is 154 Å². The average Bonchev–Trinajstić information content (AvgIpc) is 2.99. The highest BCUT2D eigenvalue weighted by atomic mass is 28.4. The first-order valence-corrected chi connectivity index (χ1v) is 16.1. The monoisotopic (exact) mass is 482 g/mol. The number of hydrogen-bond acceptors (Lipinski definition) is 5. The number of esters is 1. The molecule has 0 amide bonds. The standard InChI is InChI=1S/C27H50O5Si/c1-21-17-15-13-11-9-10-12-14-16-18-22-25(31-27(5,6)30-22)23(19-20-24(28)29-21)32-33(7,8)26(2,3)4/h19-23,25H,9-18H2,1-8H3/b20-19+/t21-,22-,23?,25+/m0/s1. The van der Waals surface area contributed by atoms with Crippen LogP contribution in [-0.4, -0.2) is 44.5 Å². The van der Waals surface area contributed by atoms with Gasteiger partial charge in [-0.2, -0.15) is 0 Å². The van der Waals surface area contributed by atoms with Crippen molar-refractivity contribution in [1.82, 2.24) is 0 Å². The highest BCUT2D eigenvalue weighted by Gasteiger charge is 2.48. The molecular formula is C27H50O5Si. The van der Waals surface area contributed by atoms with Gasteiger partial charge in [-0.05, 0) is 64.2 Å². The number of fused-ring (bicyclic) bond motifs is 1. The molecule has 0 radical (unpaired) electrons. The van der Waals surface area contributed by atoms with Gasteiger partial charge in [0.15, 0.2) is 14.1 Å². The van der Waals surface area contributed by atoms with E-state index in [-0.39, 0.29) is 35.4 Å². The van der Waals surface area contributed by atoms with Crippen molar-refractivity contribution in [2.75, 3.05) is 0 Å². The highest BCUT2D eigenvalue weighted by molar-refractivity contribution is 6.74. The molecule has 0 spiro atoms. The maximum absolute atomic E-state index is 12.6. The Bertz CT molecular complexity index is 637. The van der Waals surface area contributed by atoms with Crippen LogP contribution in [0.3, 0.4) is 0 Å². The van der Waals surface area contributed by atoms with Crippen LogP contribution < -0.4 is 0 Å². The summed E-state index contributed by atoms with van der Waals surface area (Å²) in [6, 6.07) is 0. The first-order chi connectivity index (χ1) is 15.3. The fourth-order valence-electron chi connectivity index (χ4n) is 4.41. The van der Waals surface area contributed by atoms with Crippen molar-refractivity contribution >= 4 is 14.3 Å². The van der Waals surface area contributed by atoms with Crippen LogP contribution >= 0.6 is 0 Å². The third kappa shape index (κ3) is 9.46. The molecule has 6 heteroatoms. The predicted octanol–water partition coefficient (Wildman–Crippen LogP) is 7.30. The number of cyclic esters (lactones) is 1. The van der Waals surface area contributed by atoms with Gasteiger partial charge in [0.1, 0.15) is 6.10 Å². The van der Waals surface area contributed by atoms with Crippen molar-refractivity contribution in [3.05, 3.63) is 12.2 Å². The summed E-state index contributed by atoms with van der Waals surface area (Å²) in [7, 11) is -2.11. The van der Waals surface area contributed by atoms with Crippen LogP contribution in [0.5, 0.6) is 0 Å². The molecule has 2 rings (SSSR count). The van der Waals surface area contributed by atoms with E-state index in [1.807, 2.05) is 26.8 Å². The van der Waals surface area contributed by atoms with Crippen molar-refractivity contribution < 1.29 is 23.4 Å². The fourth-order valence-corrected chi connectivity index (χ4v) is 5.65. The summed E-state index contributed by atoms with van der Waals surface area (Å²) in [6.07, 6.45) is 14.4. The van der Waals surface area contributed by atoms with Gasteiger partial charge < -0.3 is 18.6 Å². The second-order valence-electron chi connectivity index (χ2n) is 12.0. The fraction of sp³-hybridized carbons (Fsp3) is 0.889. The van der Waals surface area contributed by atoms with E-state index in [4.69, 9.17) is 18.6 Å². The molecule has 33 heavy (non-hydrogen) atoms. The van der Waals surface area contributed by atoms with Crippen LogP contribution in [0.2, 0.25) is 18.1 Å². The molecular weight excluding hydrogens is 432 g/mol. The van der Waals surface area contributed by atoms with Gasteiger partial charge >= 0.3 is 5.97 Å². The van der Waals surface area contributed by atoms with Crippen LogP contribution in [0.1, 0.15) is 106 Å². The second-order valence-corrected chi connectivity index (χ2v) is 16.8. The van der Waals surface area contributed by atoms with E-state index in [9.17, 15) is 4.79 Å². The normalized spacial score (nSPS) is 32.3. The molecule has 2 aliphatic heterocycles. The second kappa shape index (κ2) is 12.3.